The smallest absolute Gasteiger partial charge is 0.243 e. The summed E-state index contributed by atoms with van der Waals surface area (Å²) in [5.74, 6) is 0. The first kappa shape index (κ1) is 13.8. The zero-order valence-electron chi connectivity index (χ0n) is 9.97. The van der Waals surface area contributed by atoms with Crippen LogP contribution in [0.25, 0.3) is 0 Å². The van der Waals surface area contributed by atoms with Crippen molar-refractivity contribution in [3.8, 4) is 0 Å². The van der Waals surface area contributed by atoms with Crippen molar-refractivity contribution in [1.29, 1.82) is 0 Å². The quantitative estimate of drug-likeness (QED) is 0.849. The number of anilines is 1. The third kappa shape index (κ3) is 2.54. The highest BCUT2D eigenvalue weighted by Gasteiger charge is 2.30. The van der Waals surface area contributed by atoms with Crippen LogP contribution in [0.15, 0.2) is 27.6 Å². The second kappa shape index (κ2) is 5.16. The number of hydrogen-bond acceptors (Lipinski definition) is 4. The van der Waals surface area contributed by atoms with E-state index < -0.39 is 10.0 Å². The minimum atomic E-state index is -3.49. The van der Waals surface area contributed by atoms with Crippen LogP contribution >= 0.6 is 15.9 Å². The van der Waals surface area contributed by atoms with Crippen molar-refractivity contribution >= 4 is 31.6 Å². The number of ether oxygens (including phenoxy) is 1. The van der Waals surface area contributed by atoms with Crippen LogP contribution in [-0.2, 0) is 14.8 Å². The van der Waals surface area contributed by atoms with E-state index in [1.165, 1.54) is 16.4 Å². The summed E-state index contributed by atoms with van der Waals surface area (Å²) in [5.41, 5.74) is 6.17. The largest absolute Gasteiger partial charge is 0.398 e. The summed E-state index contributed by atoms with van der Waals surface area (Å²) in [6.45, 7) is 1.06. The van der Waals surface area contributed by atoms with Crippen molar-refractivity contribution < 1.29 is 13.2 Å². The third-order valence-electron chi connectivity index (χ3n) is 3.07. The van der Waals surface area contributed by atoms with Gasteiger partial charge in [-0.1, -0.05) is 0 Å². The second-order valence-electron chi connectivity index (χ2n) is 4.22. The summed E-state index contributed by atoms with van der Waals surface area (Å²) in [6, 6.07) is 4.53. The summed E-state index contributed by atoms with van der Waals surface area (Å²) in [5, 5.41) is 0. The highest BCUT2D eigenvalue weighted by Crippen LogP contribution is 2.26. The van der Waals surface area contributed by atoms with Gasteiger partial charge in [0, 0.05) is 23.8 Å². The maximum Gasteiger partial charge on any atom is 0.243 e. The molecular weight excluding hydrogens is 320 g/mol. The number of sulfonamides is 1. The van der Waals surface area contributed by atoms with Gasteiger partial charge >= 0.3 is 0 Å². The minimum Gasteiger partial charge on any atom is -0.398 e. The van der Waals surface area contributed by atoms with Crippen molar-refractivity contribution in [2.24, 2.45) is 0 Å². The normalized spacial score (nSPS) is 20.5. The van der Waals surface area contributed by atoms with Gasteiger partial charge in [0.2, 0.25) is 10.0 Å². The number of hydrogen-bond donors (Lipinski definition) is 1. The van der Waals surface area contributed by atoms with Crippen LogP contribution in [0, 0.1) is 0 Å². The third-order valence-corrected chi connectivity index (χ3v) is 5.66. The first-order valence-electron chi connectivity index (χ1n) is 5.53. The molecule has 1 heterocycles. The molecule has 0 aromatic heterocycles. The molecule has 0 bridgehead atoms. The van der Waals surface area contributed by atoms with E-state index in [1.54, 1.807) is 13.1 Å². The van der Waals surface area contributed by atoms with Crippen molar-refractivity contribution in [2.45, 2.75) is 17.4 Å². The number of benzene rings is 1. The van der Waals surface area contributed by atoms with Gasteiger partial charge in [-0.15, -0.1) is 0 Å². The molecule has 0 spiro atoms. The molecule has 2 rings (SSSR count). The van der Waals surface area contributed by atoms with Crippen LogP contribution in [-0.4, -0.2) is 39.0 Å². The maximum atomic E-state index is 12.4. The van der Waals surface area contributed by atoms with Crippen LogP contribution in [0.5, 0.6) is 0 Å². The average molecular weight is 335 g/mol. The SMILES string of the molecule is CN(C1CCOC1)S(=O)(=O)c1ccc(N)c(Br)c1. The fourth-order valence-corrected chi connectivity index (χ4v) is 3.77. The monoisotopic (exact) mass is 334 g/mol. The van der Waals surface area contributed by atoms with Gasteiger partial charge in [-0.3, -0.25) is 0 Å². The zero-order valence-corrected chi connectivity index (χ0v) is 12.4. The molecule has 1 aliphatic heterocycles. The Morgan fingerprint density at radius 1 is 1.50 bits per heavy atom. The molecule has 5 nitrogen and oxygen atoms in total. The molecule has 7 heteroatoms. The Morgan fingerprint density at radius 2 is 2.22 bits per heavy atom. The van der Waals surface area contributed by atoms with E-state index in [2.05, 4.69) is 15.9 Å². The van der Waals surface area contributed by atoms with Gasteiger partial charge in [-0.05, 0) is 40.5 Å². The molecule has 1 unspecified atom stereocenters. The van der Waals surface area contributed by atoms with Gasteiger partial charge in [0.1, 0.15) is 0 Å². The van der Waals surface area contributed by atoms with Crippen molar-refractivity contribution in [1.82, 2.24) is 4.31 Å². The fourth-order valence-electron chi connectivity index (χ4n) is 1.84. The number of likely N-dealkylation sites (N-methyl/N-ethyl adjacent to an activating group) is 1. The van der Waals surface area contributed by atoms with Gasteiger partial charge in [0.25, 0.3) is 0 Å². The van der Waals surface area contributed by atoms with E-state index in [4.69, 9.17) is 10.5 Å². The Kier molecular flexibility index (Phi) is 3.96. The van der Waals surface area contributed by atoms with Gasteiger partial charge in [-0.2, -0.15) is 4.31 Å². The standard InChI is InChI=1S/C11H15BrN2O3S/c1-14(8-4-5-17-7-8)18(15,16)9-2-3-11(13)10(12)6-9/h2-3,6,8H,4-5,7,13H2,1H3. The lowest BCUT2D eigenvalue weighted by Crippen LogP contribution is -2.37. The molecule has 2 N–H and O–H groups in total. The van der Waals surface area contributed by atoms with Crippen LogP contribution in [0.1, 0.15) is 6.42 Å². The van der Waals surface area contributed by atoms with E-state index in [0.29, 0.717) is 23.4 Å². The molecular formula is C11H15BrN2O3S. The molecule has 1 saturated heterocycles. The summed E-state index contributed by atoms with van der Waals surface area (Å²) in [4.78, 5) is 0.234. The zero-order chi connectivity index (χ0) is 13.3. The lowest BCUT2D eigenvalue weighted by molar-refractivity contribution is 0.181. The molecule has 1 aliphatic rings. The summed E-state index contributed by atoms with van der Waals surface area (Å²) in [7, 11) is -1.91. The molecule has 1 atom stereocenters. The predicted octanol–water partition coefficient (Wildman–Crippen LogP) is 1.44. The molecule has 0 radical (unpaired) electrons. The van der Waals surface area contributed by atoms with Crippen LogP contribution in [0.2, 0.25) is 0 Å². The lowest BCUT2D eigenvalue weighted by Gasteiger charge is -2.22. The topological polar surface area (TPSA) is 72.6 Å². The molecule has 100 valence electrons. The molecule has 1 aromatic carbocycles. The van der Waals surface area contributed by atoms with Gasteiger partial charge in [-0.25, -0.2) is 8.42 Å². The van der Waals surface area contributed by atoms with Crippen molar-refractivity contribution in [3.63, 3.8) is 0 Å². The van der Waals surface area contributed by atoms with Gasteiger partial charge in [0.05, 0.1) is 17.5 Å². The molecule has 1 fully saturated rings. The van der Waals surface area contributed by atoms with E-state index in [0.717, 1.165) is 6.42 Å². The van der Waals surface area contributed by atoms with Gasteiger partial charge < -0.3 is 10.5 Å². The molecule has 0 amide bonds. The lowest BCUT2D eigenvalue weighted by atomic mass is 10.3. The van der Waals surface area contributed by atoms with E-state index in [1.807, 2.05) is 0 Å². The highest BCUT2D eigenvalue weighted by atomic mass is 79.9. The van der Waals surface area contributed by atoms with E-state index >= 15 is 0 Å². The van der Waals surface area contributed by atoms with E-state index in [-0.39, 0.29) is 10.9 Å². The molecule has 1 aromatic rings. The molecule has 18 heavy (non-hydrogen) atoms. The Morgan fingerprint density at radius 3 is 2.78 bits per heavy atom. The van der Waals surface area contributed by atoms with Crippen LogP contribution in [0.3, 0.4) is 0 Å². The molecule has 0 saturated carbocycles. The first-order valence-corrected chi connectivity index (χ1v) is 7.77. The van der Waals surface area contributed by atoms with Crippen LogP contribution in [0.4, 0.5) is 5.69 Å². The number of rotatable bonds is 3. The number of nitrogens with two attached hydrogens (primary N) is 1. The fraction of sp³-hybridized carbons (Fsp3) is 0.455. The minimum absolute atomic E-state index is 0.0914. The molecule has 0 aliphatic carbocycles. The van der Waals surface area contributed by atoms with Crippen molar-refractivity contribution in [3.05, 3.63) is 22.7 Å². The number of nitrogen functional groups attached to an aromatic ring is 1. The predicted molar refractivity (Wildman–Crippen MR) is 72.7 cm³/mol. The Balaban J connectivity index is 2.32. The number of halogens is 1. The Hall–Kier alpha value is -0.630. The average Bonchev–Trinajstić information content (AvgIpc) is 2.85. The first-order chi connectivity index (χ1) is 8.43. The summed E-state index contributed by atoms with van der Waals surface area (Å²) >= 11 is 3.24. The maximum absolute atomic E-state index is 12.4. The van der Waals surface area contributed by atoms with Crippen LogP contribution < -0.4 is 5.73 Å². The van der Waals surface area contributed by atoms with Gasteiger partial charge in [0.15, 0.2) is 0 Å². The highest BCUT2D eigenvalue weighted by molar-refractivity contribution is 9.10. The second-order valence-corrected chi connectivity index (χ2v) is 7.07. The van der Waals surface area contributed by atoms with Crippen molar-refractivity contribution in [2.75, 3.05) is 26.0 Å². The number of nitrogens with zero attached hydrogens (tertiary/aromatic N) is 1. The Labute approximate surface area is 115 Å². The Bertz CT molecular complexity index is 541. The summed E-state index contributed by atoms with van der Waals surface area (Å²) < 4.78 is 32.0. The van der Waals surface area contributed by atoms with E-state index in [9.17, 15) is 8.42 Å². The summed E-state index contributed by atoms with van der Waals surface area (Å²) in [6.07, 6.45) is 0.728.